The average molecular weight is 157 g/mol. The molecule has 0 aliphatic rings. The molecule has 11 heavy (non-hydrogen) atoms. The van der Waals surface area contributed by atoms with Gasteiger partial charge in [0.1, 0.15) is 6.26 Å². The van der Waals surface area contributed by atoms with Crippen LogP contribution in [0.3, 0.4) is 0 Å². The van der Waals surface area contributed by atoms with Crippen LogP contribution >= 0.6 is 0 Å². The first-order valence-corrected chi connectivity index (χ1v) is 4.11. The Kier molecular flexibility index (Phi) is 4.95. The minimum Gasteiger partial charge on any atom is -0.420 e. The van der Waals surface area contributed by atoms with Crippen LogP contribution in [0.2, 0.25) is 0 Å². The second kappa shape index (κ2) is 5.19. The lowest BCUT2D eigenvalue weighted by molar-refractivity contribution is 0.253. The predicted octanol–water partition coefficient (Wildman–Crippen LogP) is 2.32. The summed E-state index contributed by atoms with van der Waals surface area (Å²) >= 11 is 0. The molecule has 66 valence electrons. The van der Waals surface area contributed by atoms with E-state index in [1.807, 2.05) is 6.08 Å². The number of hydrogen-bond acceptors (Lipinski definition) is 2. The monoisotopic (exact) mass is 157 g/mol. The quantitative estimate of drug-likeness (QED) is 0.502. The molecule has 0 saturated heterocycles. The molecule has 0 aromatic heterocycles. The van der Waals surface area contributed by atoms with Gasteiger partial charge in [0.05, 0.1) is 0 Å². The second-order valence-electron chi connectivity index (χ2n) is 3.43. The van der Waals surface area contributed by atoms with Crippen molar-refractivity contribution in [2.45, 2.75) is 27.7 Å². The fourth-order valence-electron chi connectivity index (χ4n) is 0.952. The molecule has 0 bridgehead atoms. The molecule has 2 atom stereocenters. The largest absolute Gasteiger partial charge is 0.420 e. The minimum absolute atomic E-state index is 0.526. The summed E-state index contributed by atoms with van der Waals surface area (Å²) < 4.78 is 0. The van der Waals surface area contributed by atoms with E-state index in [9.17, 15) is 0 Å². The Bertz CT molecular complexity index is 121. The molecule has 0 aromatic carbocycles. The summed E-state index contributed by atoms with van der Waals surface area (Å²) in [4.78, 5) is 4.36. The minimum atomic E-state index is 0.526. The van der Waals surface area contributed by atoms with E-state index in [1.54, 1.807) is 6.26 Å². The van der Waals surface area contributed by atoms with Crippen LogP contribution in [0.4, 0.5) is 0 Å². The van der Waals surface area contributed by atoms with E-state index < -0.39 is 0 Å². The molecule has 0 aliphatic carbocycles. The normalized spacial score (nSPS) is 17.3. The Hall–Kier alpha value is -0.500. The Labute approximate surface area is 69.4 Å². The smallest absolute Gasteiger partial charge is 0.107 e. The summed E-state index contributed by atoms with van der Waals surface area (Å²) in [7, 11) is 0. The SMILES string of the molecule is CC(C)C(C)C(C)/C=C\ON. The molecule has 2 unspecified atom stereocenters. The third-order valence-corrected chi connectivity index (χ3v) is 2.34. The number of nitrogens with two attached hydrogens (primary N) is 1. The number of allylic oxidation sites excluding steroid dienone is 1. The van der Waals surface area contributed by atoms with Crippen LogP contribution in [0, 0.1) is 17.8 Å². The van der Waals surface area contributed by atoms with Crippen molar-refractivity contribution in [3.63, 3.8) is 0 Å². The number of rotatable bonds is 4. The first-order chi connectivity index (χ1) is 5.09. The van der Waals surface area contributed by atoms with Gasteiger partial charge in [0.2, 0.25) is 0 Å². The van der Waals surface area contributed by atoms with E-state index in [1.165, 1.54) is 0 Å². The van der Waals surface area contributed by atoms with E-state index in [0.717, 1.165) is 0 Å². The van der Waals surface area contributed by atoms with Gasteiger partial charge in [0.15, 0.2) is 0 Å². The van der Waals surface area contributed by atoms with Gasteiger partial charge < -0.3 is 4.84 Å². The maximum Gasteiger partial charge on any atom is 0.107 e. The van der Waals surface area contributed by atoms with Crippen LogP contribution in [-0.4, -0.2) is 0 Å². The van der Waals surface area contributed by atoms with Crippen molar-refractivity contribution >= 4 is 0 Å². The zero-order chi connectivity index (χ0) is 8.85. The summed E-state index contributed by atoms with van der Waals surface area (Å²) in [6.07, 6.45) is 3.54. The topological polar surface area (TPSA) is 35.2 Å². The third kappa shape index (κ3) is 4.04. The highest BCUT2D eigenvalue weighted by molar-refractivity contribution is 4.84. The molecule has 0 aliphatic heterocycles. The van der Waals surface area contributed by atoms with Crippen LogP contribution in [0.1, 0.15) is 27.7 Å². The molecule has 0 spiro atoms. The third-order valence-electron chi connectivity index (χ3n) is 2.34. The van der Waals surface area contributed by atoms with Gasteiger partial charge in [-0.2, -0.15) is 5.90 Å². The molecule has 0 amide bonds. The highest BCUT2D eigenvalue weighted by Gasteiger charge is 2.12. The van der Waals surface area contributed by atoms with Gasteiger partial charge >= 0.3 is 0 Å². The summed E-state index contributed by atoms with van der Waals surface area (Å²) in [5.41, 5.74) is 0. The van der Waals surface area contributed by atoms with Gasteiger partial charge in [-0.1, -0.05) is 27.7 Å². The van der Waals surface area contributed by atoms with Crippen molar-refractivity contribution in [1.82, 2.24) is 0 Å². The van der Waals surface area contributed by atoms with Crippen molar-refractivity contribution in [3.05, 3.63) is 12.3 Å². The van der Waals surface area contributed by atoms with E-state index in [-0.39, 0.29) is 0 Å². The van der Waals surface area contributed by atoms with Crippen LogP contribution in [-0.2, 0) is 4.84 Å². The Morgan fingerprint density at radius 2 is 1.73 bits per heavy atom. The molecular formula is C9H19NO. The van der Waals surface area contributed by atoms with Crippen molar-refractivity contribution in [2.24, 2.45) is 23.7 Å². The summed E-state index contributed by atoms with van der Waals surface area (Å²) in [5.74, 6) is 6.76. The molecule has 2 heteroatoms. The molecular weight excluding hydrogens is 138 g/mol. The predicted molar refractivity (Wildman–Crippen MR) is 47.6 cm³/mol. The van der Waals surface area contributed by atoms with Crippen LogP contribution in [0.15, 0.2) is 12.3 Å². The lowest BCUT2D eigenvalue weighted by Crippen LogP contribution is -2.12. The molecule has 0 fully saturated rings. The van der Waals surface area contributed by atoms with Crippen molar-refractivity contribution in [3.8, 4) is 0 Å². The van der Waals surface area contributed by atoms with Crippen molar-refractivity contribution < 1.29 is 4.84 Å². The Morgan fingerprint density at radius 1 is 1.18 bits per heavy atom. The van der Waals surface area contributed by atoms with Gasteiger partial charge in [-0.3, -0.25) is 0 Å². The summed E-state index contributed by atoms with van der Waals surface area (Å²) in [5, 5.41) is 0. The van der Waals surface area contributed by atoms with E-state index in [4.69, 9.17) is 5.90 Å². The highest BCUT2D eigenvalue weighted by atomic mass is 16.6. The zero-order valence-corrected chi connectivity index (χ0v) is 7.87. The first kappa shape index (κ1) is 10.5. The number of hydrogen-bond donors (Lipinski definition) is 1. The average Bonchev–Trinajstić information content (AvgIpc) is 1.98. The molecule has 2 N–H and O–H groups in total. The molecule has 0 saturated carbocycles. The molecule has 0 radical (unpaired) electrons. The van der Waals surface area contributed by atoms with Crippen molar-refractivity contribution in [2.75, 3.05) is 0 Å². The van der Waals surface area contributed by atoms with Crippen LogP contribution in [0.25, 0.3) is 0 Å². The zero-order valence-electron chi connectivity index (χ0n) is 7.87. The summed E-state index contributed by atoms with van der Waals surface area (Å²) in [6, 6.07) is 0. The Balaban J connectivity index is 3.81. The summed E-state index contributed by atoms with van der Waals surface area (Å²) in [6.45, 7) is 8.84. The lowest BCUT2D eigenvalue weighted by Gasteiger charge is -2.19. The second-order valence-corrected chi connectivity index (χ2v) is 3.43. The standard InChI is InChI=1S/C9H19NO/c1-7(2)9(4)8(3)5-6-11-10/h5-9H,10H2,1-4H3/b6-5-. The van der Waals surface area contributed by atoms with E-state index in [0.29, 0.717) is 17.8 Å². The fourth-order valence-corrected chi connectivity index (χ4v) is 0.952. The fraction of sp³-hybridized carbons (Fsp3) is 0.778. The lowest BCUT2D eigenvalue weighted by atomic mass is 9.86. The van der Waals surface area contributed by atoms with Gasteiger partial charge in [0, 0.05) is 0 Å². The first-order valence-electron chi connectivity index (χ1n) is 4.11. The van der Waals surface area contributed by atoms with Gasteiger partial charge in [-0.05, 0) is 23.8 Å². The maximum absolute atomic E-state index is 4.87. The van der Waals surface area contributed by atoms with Gasteiger partial charge in [0.25, 0.3) is 0 Å². The van der Waals surface area contributed by atoms with Gasteiger partial charge in [-0.25, -0.2) is 0 Å². The molecule has 0 heterocycles. The van der Waals surface area contributed by atoms with Gasteiger partial charge in [-0.15, -0.1) is 0 Å². The molecule has 2 nitrogen and oxygen atoms in total. The van der Waals surface area contributed by atoms with Crippen LogP contribution in [0.5, 0.6) is 0 Å². The highest BCUT2D eigenvalue weighted by Crippen LogP contribution is 2.20. The maximum atomic E-state index is 4.87. The van der Waals surface area contributed by atoms with Crippen LogP contribution < -0.4 is 5.90 Å². The van der Waals surface area contributed by atoms with Crippen molar-refractivity contribution in [1.29, 1.82) is 0 Å². The van der Waals surface area contributed by atoms with E-state index >= 15 is 0 Å². The molecule has 0 aromatic rings. The Morgan fingerprint density at radius 3 is 2.09 bits per heavy atom. The molecule has 0 rings (SSSR count). The van der Waals surface area contributed by atoms with E-state index in [2.05, 4.69) is 32.5 Å².